The first kappa shape index (κ1) is 21.7. The van der Waals surface area contributed by atoms with Crippen molar-refractivity contribution in [3.63, 3.8) is 0 Å². The topological polar surface area (TPSA) is 99.6 Å². The van der Waals surface area contributed by atoms with E-state index in [1.165, 1.54) is 0 Å². The third-order valence-electron chi connectivity index (χ3n) is 5.11. The summed E-state index contributed by atoms with van der Waals surface area (Å²) in [5.41, 5.74) is -0.578. The number of carbonyl (C=O) groups is 1. The van der Waals surface area contributed by atoms with Crippen LogP contribution in [0.25, 0.3) is 0 Å². The maximum absolute atomic E-state index is 13.8. The SMILES string of the molecule is O=C(OC[C@H]1O[C@@H](n2cc(F)c(=O)[nH]c2=O)C[C@@H]1OCc1ccccc1)c1ccccc1. The van der Waals surface area contributed by atoms with Crippen LogP contribution in [0.15, 0.2) is 76.4 Å². The van der Waals surface area contributed by atoms with Gasteiger partial charge in [-0.3, -0.25) is 14.3 Å². The lowest BCUT2D eigenvalue weighted by atomic mass is 10.1. The van der Waals surface area contributed by atoms with Crippen LogP contribution in [0.2, 0.25) is 0 Å². The predicted octanol–water partition coefficient (Wildman–Crippen LogP) is 2.41. The lowest BCUT2D eigenvalue weighted by Gasteiger charge is -2.19. The summed E-state index contributed by atoms with van der Waals surface area (Å²) >= 11 is 0. The van der Waals surface area contributed by atoms with Crippen LogP contribution in [0.1, 0.15) is 28.6 Å². The zero-order valence-corrected chi connectivity index (χ0v) is 17.0. The van der Waals surface area contributed by atoms with Gasteiger partial charge in [-0.05, 0) is 17.7 Å². The number of hydrogen-bond acceptors (Lipinski definition) is 6. The van der Waals surface area contributed by atoms with Gasteiger partial charge in [0.25, 0.3) is 5.56 Å². The first-order chi connectivity index (χ1) is 15.5. The van der Waals surface area contributed by atoms with Gasteiger partial charge in [0.15, 0.2) is 0 Å². The van der Waals surface area contributed by atoms with Gasteiger partial charge in [0, 0.05) is 6.42 Å². The summed E-state index contributed by atoms with van der Waals surface area (Å²) in [5.74, 6) is -1.62. The van der Waals surface area contributed by atoms with E-state index in [0.717, 1.165) is 16.3 Å². The summed E-state index contributed by atoms with van der Waals surface area (Å²) < 4.78 is 32.0. The normalized spacial score (nSPS) is 20.2. The number of carbonyl (C=O) groups excluding carboxylic acids is 1. The molecular formula is C23H21FN2O6. The van der Waals surface area contributed by atoms with Crippen LogP contribution in [0.5, 0.6) is 0 Å². The van der Waals surface area contributed by atoms with Gasteiger partial charge in [0.2, 0.25) is 5.82 Å². The molecule has 3 atom stereocenters. The largest absolute Gasteiger partial charge is 0.459 e. The fourth-order valence-electron chi connectivity index (χ4n) is 3.46. The second-order valence-corrected chi connectivity index (χ2v) is 7.31. The number of nitrogens with one attached hydrogen (secondary N) is 1. The molecule has 1 aromatic heterocycles. The Balaban J connectivity index is 1.49. The van der Waals surface area contributed by atoms with Crippen LogP contribution >= 0.6 is 0 Å². The van der Waals surface area contributed by atoms with Crippen LogP contribution in [0.3, 0.4) is 0 Å². The minimum Gasteiger partial charge on any atom is -0.459 e. The van der Waals surface area contributed by atoms with E-state index in [4.69, 9.17) is 14.2 Å². The van der Waals surface area contributed by atoms with E-state index in [0.29, 0.717) is 5.56 Å². The second-order valence-electron chi connectivity index (χ2n) is 7.31. The predicted molar refractivity (Wildman–Crippen MR) is 112 cm³/mol. The first-order valence-electron chi connectivity index (χ1n) is 10.1. The Kier molecular flexibility index (Phi) is 6.58. The second kappa shape index (κ2) is 9.71. The Bertz CT molecular complexity index is 1180. The highest BCUT2D eigenvalue weighted by Crippen LogP contribution is 2.31. The number of benzene rings is 2. The minimum absolute atomic E-state index is 0.121. The quantitative estimate of drug-likeness (QED) is 0.567. The van der Waals surface area contributed by atoms with Crippen molar-refractivity contribution in [2.45, 2.75) is 31.5 Å². The smallest absolute Gasteiger partial charge is 0.338 e. The van der Waals surface area contributed by atoms with Crippen LogP contribution in [0.4, 0.5) is 4.39 Å². The average molecular weight is 440 g/mol. The van der Waals surface area contributed by atoms with Crippen molar-refractivity contribution >= 4 is 5.97 Å². The minimum atomic E-state index is -1.10. The van der Waals surface area contributed by atoms with Gasteiger partial charge < -0.3 is 14.2 Å². The molecule has 4 rings (SSSR count). The zero-order valence-electron chi connectivity index (χ0n) is 17.0. The highest BCUT2D eigenvalue weighted by molar-refractivity contribution is 5.89. The van der Waals surface area contributed by atoms with Crippen molar-refractivity contribution in [1.29, 1.82) is 0 Å². The van der Waals surface area contributed by atoms with Crippen molar-refractivity contribution in [3.05, 3.63) is 105 Å². The summed E-state index contributed by atoms with van der Waals surface area (Å²) in [5, 5.41) is 0. The molecule has 2 aromatic carbocycles. The lowest BCUT2D eigenvalue weighted by molar-refractivity contribution is -0.0709. The van der Waals surface area contributed by atoms with Crippen molar-refractivity contribution in [1.82, 2.24) is 9.55 Å². The zero-order chi connectivity index (χ0) is 22.5. The molecular weight excluding hydrogens is 419 g/mol. The summed E-state index contributed by atoms with van der Waals surface area (Å²) in [7, 11) is 0. The summed E-state index contributed by atoms with van der Waals surface area (Å²) in [6.45, 7) is 0.157. The summed E-state index contributed by atoms with van der Waals surface area (Å²) in [4.78, 5) is 37.7. The number of H-pyrrole nitrogens is 1. The summed E-state index contributed by atoms with van der Waals surface area (Å²) in [6.07, 6.45) is -1.12. The van der Waals surface area contributed by atoms with Crippen LogP contribution in [-0.4, -0.2) is 34.3 Å². The van der Waals surface area contributed by atoms with E-state index >= 15 is 0 Å². The molecule has 1 aliphatic heterocycles. The number of aromatic amines is 1. The molecule has 0 unspecified atom stereocenters. The maximum atomic E-state index is 13.8. The van der Waals surface area contributed by atoms with Gasteiger partial charge >= 0.3 is 11.7 Å². The molecule has 0 radical (unpaired) electrons. The molecule has 0 bridgehead atoms. The van der Waals surface area contributed by atoms with E-state index < -0.39 is 41.5 Å². The Morgan fingerprint density at radius 2 is 1.78 bits per heavy atom. The fraction of sp³-hybridized carbons (Fsp3) is 0.261. The van der Waals surface area contributed by atoms with Gasteiger partial charge in [0.05, 0.1) is 24.5 Å². The molecule has 32 heavy (non-hydrogen) atoms. The molecule has 0 amide bonds. The lowest BCUT2D eigenvalue weighted by Crippen LogP contribution is -2.34. The van der Waals surface area contributed by atoms with Crippen LogP contribution in [-0.2, 0) is 20.8 Å². The number of nitrogens with zero attached hydrogens (tertiary/aromatic N) is 1. The fourth-order valence-corrected chi connectivity index (χ4v) is 3.46. The number of hydrogen-bond donors (Lipinski definition) is 1. The van der Waals surface area contributed by atoms with Crippen molar-refractivity contribution in [3.8, 4) is 0 Å². The van der Waals surface area contributed by atoms with Crippen molar-refractivity contribution < 1.29 is 23.4 Å². The monoisotopic (exact) mass is 440 g/mol. The maximum Gasteiger partial charge on any atom is 0.338 e. The molecule has 1 fully saturated rings. The molecule has 0 saturated carbocycles. The molecule has 0 spiro atoms. The standard InChI is InChI=1S/C23H21FN2O6/c24-17-12-26(23(29)25-21(17)27)20-11-18(30-13-15-7-3-1-4-8-15)19(32-20)14-31-22(28)16-9-5-2-6-10-16/h1-10,12,18-20H,11,13-14H2,(H,25,27,29)/t18-,19+,20+/m0/s1. The van der Waals surface area contributed by atoms with E-state index in [2.05, 4.69) is 0 Å². The van der Waals surface area contributed by atoms with Crippen molar-refractivity contribution in [2.24, 2.45) is 0 Å². The molecule has 166 valence electrons. The third kappa shape index (κ3) is 5.01. The van der Waals surface area contributed by atoms with E-state index in [-0.39, 0.29) is 19.6 Å². The third-order valence-corrected chi connectivity index (χ3v) is 5.11. The number of aromatic nitrogens is 2. The van der Waals surface area contributed by atoms with E-state index in [1.807, 2.05) is 35.3 Å². The number of halogens is 1. The van der Waals surface area contributed by atoms with Crippen molar-refractivity contribution in [2.75, 3.05) is 6.61 Å². The Labute approximate surface area is 182 Å². The van der Waals surface area contributed by atoms with Gasteiger partial charge in [-0.15, -0.1) is 0 Å². The Hall–Kier alpha value is -3.56. The van der Waals surface area contributed by atoms with E-state index in [1.54, 1.807) is 30.3 Å². The molecule has 1 aliphatic rings. The van der Waals surface area contributed by atoms with Gasteiger partial charge in [0.1, 0.15) is 18.9 Å². The molecule has 9 heteroatoms. The molecule has 8 nitrogen and oxygen atoms in total. The molecule has 2 heterocycles. The molecule has 3 aromatic rings. The van der Waals surface area contributed by atoms with E-state index in [9.17, 15) is 18.8 Å². The van der Waals surface area contributed by atoms with Crippen LogP contribution in [0, 0.1) is 5.82 Å². The molecule has 0 aliphatic carbocycles. The number of ether oxygens (including phenoxy) is 3. The van der Waals surface area contributed by atoms with Gasteiger partial charge in [-0.2, -0.15) is 4.39 Å². The van der Waals surface area contributed by atoms with Gasteiger partial charge in [-0.25, -0.2) is 9.59 Å². The highest BCUT2D eigenvalue weighted by atomic mass is 19.1. The molecule has 1 N–H and O–H groups in total. The van der Waals surface area contributed by atoms with Crippen LogP contribution < -0.4 is 11.2 Å². The average Bonchev–Trinajstić information content (AvgIpc) is 3.22. The highest BCUT2D eigenvalue weighted by Gasteiger charge is 2.38. The molecule has 1 saturated heterocycles. The Morgan fingerprint density at radius 3 is 2.50 bits per heavy atom. The van der Waals surface area contributed by atoms with Gasteiger partial charge in [-0.1, -0.05) is 48.5 Å². The number of rotatable bonds is 7. The number of esters is 1. The Morgan fingerprint density at radius 1 is 1.09 bits per heavy atom. The first-order valence-corrected chi connectivity index (χ1v) is 10.1. The summed E-state index contributed by atoms with van der Waals surface area (Å²) in [6, 6.07) is 18.0.